The van der Waals surface area contributed by atoms with E-state index in [-0.39, 0.29) is 5.91 Å². The van der Waals surface area contributed by atoms with Gasteiger partial charge in [0.2, 0.25) is 0 Å². The molecule has 0 spiro atoms. The first-order chi connectivity index (χ1) is 25.2. The van der Waals surface area contributed by atoms with E-state index in [1.165, 1.54) is 31.4 Å². The fourth-order valence-corrected chi connectivity index (χ4v) is 8.51. The van der Waals surface area contributed by atoms with Gasteiger partial charge in [0.1, 0.15) is 0 Å². The number of pyridine rings is 1. The molecule has 3 heterocycles. The Labute approximate surface area is 303 Å². The first-order valence-corrected chi connectivity index (χ1v) is 18.7. The maximum atomic E-state index is 15.0. The van der Waals surface area contributed by atoms with E-state index in [4.69, 9.17) is 4.98 Å². The molecule has 1 amide bonds. The van der Waals surface area contributed by atoms with E-state index in [1.807, 2.05) is 67.6 Å². The van der Waals surface area contributed by atoms with Gasteiger partial charge >= 0.3 is 6.18 Å². The molecule has 1 aliphatic carbocycles. The number of hydrogen-bond donors (Lipinski definition) is 1. The summed E-state index contributed by atoms with van der Waals surface area (Å²) in [5.41, 5.74) is 5.24. The van der Waals surface area contributed by atoms with Crippen molar-refractivity contribution in [3.63, 3.8) is 0 Å². The Balaban J connectivity index is 1.29. The molecule has 0 radical (unpaired) electrons. The van der Waals surface area contributed by atoms with Crippen molar-refractivity contribution in [2.45, 2.75) is 76.2 Å². The number of carbonyl (C=O) groups excluding carboxylic acids is 1. The molecule has 2 aliphatic heterocycles. The van der Waals surface area contributed by atoms with Crippen molar-refractivity contribution in [1.82, 2.24) is 20.1 Å². The van der Waals surface area contributed by atoms with Crippen LogP contribution < -0.4 is 5.32 Å². The Bertz CT molecular complexity index is 2080. The van der Waals surface area contributed by atoms with Crippen molar-refractivity contribution in [3.05, 3.63) is 125 Å². The first-order valence-electron chi connectivity index (χ1n) is 18.7. The fraction of sp³-hybridized carbons (Fsp3) is 0.364. The predicted molar refractivity (Wildman–Crippen MR) is 201 cm³/mol. The van der Waals surface area contributed by atoms with Crippen LogP contribution in [0.25, 0.3) is 33.3 Å². The number of para-hydroxylation sites is 1. The second-order valence-corrected chi connectivity index (χ2v) is 14.9. The van der Waals surface area contributed by atoms with Gasteiger partial charge in [-0.2, -0.15) is 13.2 Å². The molecule has 268 valence electrons. The molecular weight excluding hydrogens is 658 g/mol. The minimum atomic E-state index is -4.52. The standard InChI is InChI=1S/C44H45F3N4O/c1-30-12-6-7-17-35(30)36-18-11-19-37-39(42(52)49-43(22-23-43)32-14-4-2-5-15-32)38(29-50-26-20-34(21-27-50)51-24-8-3-9-25-51)40(48-41(36)37)31-13-10-16-33(28-31)44(45,46)47/h2,4-7,10-19,28,34H,3,8-9,20-27,29H2,1H3,(H,49,52). The van der Waals surface area contributed by atoms with Crippen molar-refractivity contribution >= 4 is 16.8 Å². The number of nitrogens with zero attached hydrogens (tertiary/aromatic N) is 3. The number of aryl methyl sites for hydroxylation is 1. The molecule has 0 unspecified atom stereocenters. The number of rotatable bonds is 8. The lowest BCUT2D eigenvalue weighted by Crippen LogP contribution is -2.46. The second kappa shape index (κ2) is 14.1. The monoisotopic (exact) mass is 702 g/mol. The second-order valence-electron chi connectivity index (χ2n) is 14.9. The number of carbonyl (C=O) groups is 1. The minimum Gasteiger partial charge on any atom is -0.342 e. The summed E-state index contributed by atoms with van der Waals surface area (Å²) in [4.78, 5) is 25.3. The molecule has 5 nitrogen and oxygen atoms in total. The number of hydrogen-bond acceptors (Lipinski definition) is 4. The first kappa shape index (κ1) is 34.6. The highest BCUT2D eigenvalue weighted by Gasteiger charge is 2.46. The molecule has 8 heteroatoms. The highest BCUT2D eigenvalue weighted by Crippen LogP contribution is 2.46. The highest BCUT2D eigenvalue weighted by atomic mass is 19.4. The van der Waals surface area contributed by atoms with Crippen LogP contribution in [0.5, 0.6) is 0 Å². The zero-order chi connectivity index (χ0) is 35.9. The molecular formula is C44H45F3N4O. The van der Waals surface area contributed by atoms with E-state index in [0.29, 0.717) is 45.9 Å². The molecule has 2 saturated heterocycles. The number of fused-ring (bicyclic) bond motifs is 1. The van der Waals surface area contributed by atoms with Gasteiger partial charge in [-0.3, -0.25) is 9.69 Å². The predicted octanol–water partition coefficient (Wildman–Crippen LogP) is 9.77. The number of amides is 1. The van der Waals surface area contributed by atoms with Gasteiger partial charge in [-0.05, 0) is 100 Å². The lowest BCUT2D eigenvalue weighted by Gasteiger charge is -2.40. The average Bonchev–Trinajstić information content (AvgIpc) is 3.95. The fourth-order valence-electron chi connectivity index (χ4n) is 8.51. The Morgan fingerprint density at radius 3 is 2.23 bits per heavy atom. The maximum Gasteiger partial charge on any atom is 0.416 e. The maximum absolute atomic E-state index is 15.0. The van der Waals surface area contributed by atoms with Gasteiger partial charge in [0.25, 0.3) is 5.91 Å². The highest BCUT2D eigenvalue weighted by molar-refractivity contribution is 6.12. The largest absolute Gasteiger partial charge is 0.416 e. The van der Waals surface area contributed by atoms with E-state index in [1.54, 1.807) is 6.07 Å². The number of piperidine rings is 2. The Morgan fingerprint density at radius 2 is 1.52 bits per heavy atom. The summed E-state index contributed by atoms with van der Waals surface area (Å²) in [6, 6.07) is 29.9. The van der Waals surface area contributed by atoms with E-state index in [0.717, 1.165) is 80.2 Å². The molecule has 52 heavy (non-hydrogen) atoms. The number of likely N-dealkylation sites (tertiary alicyclic amines) is 2. The third kappa shape index (κ3) is 6.86. The van der Waals surface area contributed by atoms with Crippen LogP contribution in [0.1, 0.15) is 77.6 Å². The van der Waals surface area contributed by atoms with Crippen molar-refractivity contribution in [3.8, 4) is 22.4 Å². The topological polar surface area (TPSA) is 48.5 Å². The lowest BCUT2D eigenvalue weighted by molar-refractivity contribution is -0.137. The van der Waals surface area contributed by atoms with E-state index < -0.39 is 17.3 Å². The Hall–Kier alpha value is -4.53. The van der Waals surface area contributed by atoms with Gasteiger partial charge in [0.05, 0.1) is 27.9 Å². The van der Waals surface area contributed by atoms with Crippen LogP contribution in [0.2, 0.25) is 0 Å². The normalized spacial score (nSPS) is 18.4. The minimum absolute atomic E-state index is 0.220. The average molecular weight is 703 g/mol. The summed E-state index contributed by atoms with van der Waals surface area (Å²) < 4.78 is 42.6. The van der Waals surface area contributed by atoms with Crippen LogP contribution in [0, 0.1) is 6.92 Å². The van der Waals surface area contributed by atoms with Crippen LogP contribution in [0.3, 0.4) is 0 Å². The van der Waals surface area contributed by atoms with Crippen LogP contribution in [-0.2, 0) is 18.3 Å². The Kier molecular flexibility index (Phi) is 9.39. The summed E-state index contributed by atoms with van der Waals surface area (Å²) >= 11 is 0. The Morgan fingerprint density at radius 1 is 0.827 bits per heavy atom. The summed E-state index contributed by atoms with van der Waals surface area (Å²) in [5, 5.41) is 4.14. The van der Waals surface area contributed by atoms with Crippen molar-refractivity contribution in [2.75, 3.05) is 26.2 Å². The van der Waals surface area contributed by atoms with Gasteiger partial charge in [-0.25, -0.2) is 4.98 Å². The van der Waals surface area contributed by atoms with Gasteiger partial charge in [0, 0.05) is 34.7 Å². The quantitative estimate of drug-likeness (QED) is 0.175. The number of alkyl halides is 3. The summed E-state index contributed by atoms with van der Waals surface area (Å²) in [6.07, 6.45) is 2.95. The molecule has 1 saturated carbocycles. The molecule has 3 aliphatic rings. The molecule has 3 fully saturated rings. The molecule has 8 rings (SSSR count). The SMILES string of the molecule is Cc1ccccc1-c1cccc2c(C(=O)NC3(c4ccccc4)CC3)c(CN3CCC(N4CCCCC4)CC3)c(-c3cccc(C(F)(F)F)c3)nc12. The van der Waals surface area contributed by atoms with Crippen LogP contribution >= 0.6 is 0 Å². The van der Waals surface area contributed by atoms with E-state index >= 15 is 0 Å². The van der Waals surface area contributed by atoms with Crippen LogP contribution in [0.4, 0.5) is 13.2 Å². The van der Waals surface area contributed by atoms with Crippen LogP contribution in [0.15, 0.2) is 97.1 Å². The van der Waals surface area contributed by atoms with E-state index in [9.17, 15) is 18.0 Å². The van der Waals surface area contributed by atoms with Gasteiger partial charge < -0.3 is 10.2 Å². The number of nitrogens with one attached hydrogen (secondary N) is 1. The van der Waals surface area contributed by atoms with Crippen molar-refractivity contribution in [1.29, 1.82) is 0 Å². The summed E-state index contributed by atoms with van der Waals surface area (Å²) in [5.74, 6) is -0.220. The number of benzene rings is 4. The van der Waals surface area contributed by atoms with Crippen molar-refractivity contribution < 1.29 is 18.0 Å². The zero-order valence-corrected chi connectivity index (χ0v) is 29.7. The third-order valence-corrected chi connectivity index (χ3v) is 11.5. The number of halogens is 3. The lowest BCUT2D eigenvalue weighted by atomic mass is 9.90. The molecule has 0 bridgehead atoms. The van der Waals surface area contributed by atoms with Crippen LogP contribution in [-0.4, -0.2) is 52.9 Å². The van der Waals surface area contributed by atoms with E-state index in [2.05, 4.69) is 27.2 Å². The molecule has 1 N–H and O–H groups in total. The van der Waals surface area contributed by atoms with Gasteiger partial charge in [-0.1, -0.05) is 91.3 Å². The number of aromatic nitrogens is 1. The zero-order valence-electron chi connectivity index (χ0n) is 29.7. The third-order valence-electron chi connectivity index (χ3n) is 11.5. The smallest absolute Gasteiger partial charge is 0.342 e. The summed E-state index contributed by atoms with van der Waals surface area (Å²) in [7, 11) is 0. The molecule has 1 aromatic heterocycles. The van der Waals surface area contributed by atoms with Gasteiger partial charge in [0.15, 0.2) is 0 Å². The van der Waals surface area contributed by atoms with Gasteiger partial charge in [-0.15, -0.1) is 0 Å². The summed E-state index contributed by atoms with van der Waals surface area (Å²) in [6.45, 7) is 6.44. The molecule has 0 atom stereocenters. The van der Waals surface area contributed by atoms with Crippen molar-refractivity contribution in [2.24, 2.45) is 0 Å². The molecule has 5 aromatic rings. The molecule has 4 aromatic carbocycles.